The van der Waals surface area contributed by atoms with Crippen LogP contribution >= 0.6 is 0 Å². The first-order valence-electron chi connectivity index (χ1n) is 6.95. The van der Waals surface area contributed by atoms with E-state index in [0.717, 1.165) is 4.90 Å². The SMILES string of the molecule is N#CC(O)/C(=C\c1ccccc1)N1C(=O)c2ccccc2C1=O. The molecule has 0 aromatic heterocycles. The molecule has 112 valence electrons. The molecule has 0 radical (unpaired) electrons. The zero-order chi connectivity index (χ0) is 16.4. The van der Waals surface area contributed by atoms with Crippen molar-refractivity contribution in [2.45, 2.75) is 6.10 Å². The summed E-state index contributed by atoms with van der Waals surface area (Å²) in [5.41, 5.74) is 1.15. The van der Waals surface area contributed by atoms with Gasteiger partial charge in [-0.2, -0.15) is 5.26 Å². The lowest BCUT2D eigenvalue weighted by Gasteiger charge is -2.19. The summed E-state index contributed by atoms with van der Waals surface area (Å²) >= 11 is 0. The lowest BCUT2D eigenvalue weighted by molar-refractivity contribution is 0.0670. The Hall–Kier alpha value is -3.23. The van der Waals surface area contributed by atoms with Gasteiger partial charge in [-0.25, -0.2) is 4.90 Å². The summed E-state index contributed by atoms with van der Waals surface area (Å²) in [4.78, 5) is 25.9. The molecule has 0 aliphatic carbocycles. The van der Waals surface area contributed by atoms with Crippen molar-refractivity contribution in [3.63, 3.8) is 0 Å². The molecule has 23 heavy (non-hydrogen) atoms. The molecule has 1 aliphatic rings. The summed E-state index contributed by atoms with van der Waals surface area (Å²) in [5.74, 6) is -1.08. The van der Waals surface area contributed by atoms with Crippen LogP contribution in [0.2, 0.25) is 0 Å². The number of carbonyl (C=O) groups excluding carboxylic acids is 2. The van der Waals surface area contributed by atoms with E-state index in [1.165, 1.54) is 6.08 Å². The summed E-state index contributed by atoms with van der Waals surface area (Å²) in [6.07, 6.45) is -0.118. The van der Waals surface area contributed by atoms with Crippen molar-refractivity contribution >= 4 is 17.9 Å². The molecule has 0 saturated carbocycles. The zero-order valence-corrected chi connectivity index (χ0v) is 12.0. The van der Waals surface area contributed by atoms with Gasteiger partial charge in [-0.1, -0.05) is 42.5 Å². The Morgan fingerprint density at radius 1 is 1.00 bits per heavy atom. The summed E-state index contributed by atoms with van der Waals surface area (Å²) in [6, 6.07) is 17.0. The summed E-state index contributed by atoms with van der Waals surface area (Å²) in [7, 11) is 0. The van der Waals surface area contributed by atoms with Gasteiger partial charge in [0.05, 0.1) is 16.8 Å². The largest absolute Gasteiger partial charge is 0.373 e. The van der Waals surface area contributed by atoms with Crippen LogP contribution < -0.4 is 0 Å². The van der Waals surface area contributed by atoms with Crippen molar-refractivity contribution < 1.29 is 14.7 Å². The monoisotopic (exact) mass is 304 g/mol. The Kier molecular flexibility index (Phi) is 3.75. The third kappa shape index (κ3) is 2.52. The first-order chi connectivity index (χ1) is 11.1. The second-order valence-corrected chi connectivity index (χ2v) is 5.00. The van der Waals surface area contributed by atoms with Gasteiger partial charge in [0.2, 0.25) is 0 Å². The van der Waals surface area contributed by atoms with Crippen molar-refractivity contribution in [2.75, 3.05) is 0 Å². The quantitative estimate of drug-likeness (QED) is 0.696. The highest BCUT2D eigenvalue weighted by Crippen LogP contribution is 2.28. The van der Waals surface area contributed by atoms with Gasteiger partial charge in [0, 0.05) is 0 Å². The van der Waals surface area contributed by atoms with E-state index in [1.54, 1.807) is 54.6 Å². The van der Waals surface area contributed by atoms with Crippen molar-refractivity contribution in [2.24, 2.45) is 0 Å². The Morgan fingerprint density at radius 3 is 2.04 bits per heavy atom. The number of hydrogen-bond acceptors (Lipinski definition) is 4. The highest BCUT2D eigenvalue weighted by Gasteiger charge is 2.39. The number of imide groups is 1. The molecule has 0 bridgehead atoms. The highest BCUT2D eigenvalue weighted by molar-refractivity contribution is 6.22. The first-order valence-corrected chi connectivity index (χ1v) is 6.95. The third-order valence-electron chi connectivity index (χ3n) is 3.57. The van der Waals surface area contributed by atoms with Gasteiger partial charge in [-0.15, -0.1) is 0 Å². The lowest BCUT2D eigenvalue weighted by Crippen LogP contribution is -2.34. The number of benzene rings is 2. The summed E-state index contributed by atoms with van der Waals surface area (Å²) in [6.45, 7) is 0. The molecule has 0 saturated heterocycles. The van der Waals surface area contributed by atoms with E-state index in [0.29, 0.717) is 5.56 Å². The molecule has 2 aromatic rings. The number of nitrogens with zero attached hydrogens (tertiary/aromatic N) is 2. The van der Waals surface area contributed by atoms with Crippen LogP contribution in [0.15, 0.2) is 60.3 Å². The van der Waals surface area contributed by atoms with Crippen LogP contribution in [0, 0.1) is 11.3 Å². The molecule has 0 fully saturated rings. The molecule has 3 rings (SSSR count). The highest BCUT2D eigenvalue weighted by atomic mass is 16.3. The first kappa shape index (κ1) is 14.7. The van der Waals surface area contributed by atoms with Crippen LogP contribution in [0.5, 0.6) is 0 Å². The molecule has 1 atom stereocenters. The molecule has 2 aromatic carbocycles. The number of nitriles is 1. The number of rotatable bonds is 3. The minimum atomic E-state index is -1.59. The van der Waals surface area contributed by atoms with Crippen LogP contribution in [-0.4, -0.2) is 27.9 Å². The molecular weight excluding hydrogens is 292 g/mol. The minimum absolute atomic E-state index is 0.0510. The maximum absolute atomic E-state index is 12.5. The molecule has 1 N–H and O–H groups in total. The average molecular weight is 304 g/mol. The number of carbonyl (C=O) groups is 2. The fourth-order valence-electron chi connectivity index (χ4n) is 2.48. The van der Waals surface area contributed by atoms with E-state index in [2.05, 4.69) is 0 Å². The van der Waals surface area contributed by atoms with Crippen LogP contribution in [-0.2, 0) is 0 Å². The minimum Gasteiger partial charge on any atom is -0.373 e. The Balaban J connectivity index is 2.10. The van der Waals surface area contributed by atoms with Gasteiger partial charge in [-0.3, -0.25) is 9.59 Å². The van der Waals surface area contributed by atoms with Gasteiger partial charge in [0.1, 0.15) is 6.07 Å². The maximum atomic E-state index is 12.5. The van der Waals surface area contributed by atoms with Crippen LogP contribution in [0.4, 0.5) is 0 Å². The molecule has 2 amide bonds. The Morgan fingerprint density at radius 2 is 1.52 bits per heavy atom. The van der Waals surface area contributed by atoms with Crippen LogP contribution in [0.25, 0.3) is 6.08 Å². The fourth-order valence-corrected chi connectivity index (χ4v) is 2.48. The molecule has 1 heterocycles. The van der Waals surface area contributed by atoms with E-state index >= 15 is 0 Å². The smallest absolute Gasteiger partial charge is 0.266 e. The van der Waals surface area contributed by atoms with E-state index in [-0.39, 0.29) is 16.8 Å². The maximum Gasteiger partial charge on any atom is 0.266 e. The van der Waals surface area contributed by atoms with E-state index in [4.69, 9.17) is 5.26 Å². The number of aliphatic hydroxyl groups excluding tert-OH is 1. The average Bonchev–Trinajstić information content (AvgIpc) is 2.85. The lowest BCUT2D eigenvalue weighted by atomic mass is 10.1. The summed E-state index contributed by atoms with van der Waals surface area (Å²) < 4.78 is 0. The number of aliphatic hydroxyl groups is 1. The predicted molar refractivity (Wildman–Crippen MR) is 83.0 cm³/mol. The molecular formula is C18H12N2O3. The second-order valence-electron chi connectivity index (χ2n) is 5.00. The Bertz CT molecular complexity index is 815. The van der Waals surface area contributed by atoms with Gasteiger partial charge in [-0.05, 0) is 23.8 Å². The van der Waals surface area contributed by atoms with Gasteiger partial charge >= 0.3 is 0 Å². The fraction of sp³-hybridized carbons (Fsp3) is 0.0556. The van der Waals surface area contributed by atoms with Crippen molar-refractivity contribution in [1.29, 1.82) is 5.26 Å². The van der Waals surface area contributed by atoms with Crippen LogP contribution in [0.3, 0.4) is 0 Å². The molecule has 1 unspecified atom stereocenters. The molecule has 5 nitrogen and oxygen atoms in total. The third-order valence-corrected chi connectivity index (χ3v) is 3.57. The molecule has 1 aliphatic heterocycles. The van der Waals surface area contributed by atoms with E-state index in [1.807, 2.05) is 6.07 Å². The normalized spacial score (nSPS) is 15.3. The van der Waals surface area contributed by atoms with Crippen molar-refractivity contribution in [3.8, 4) is 6.07 Å². The van der Waals surface area contributed by atoms with Gasteiger partial charge in [0.15, 0.2) is 6.10 Å². The standard InChI is InChI=1S/C18H12N2O3/c19-11-16(21)15(10-12-6-2-1-3-7-12)20-17(22)13-8-4-5-9-14(13)18(20)23/h1-10,16,21H/b15-10+. The summed E-state index contributed by atoms with van der Waals surface area (Å²) in [5, 5.41) is 19.0. The van der Waals surface area contributed by atoms with Crippen LogP contribution in [0.1, 0.15) is 26.3 Å². The van der Waals surface area contributed by atoms with E-state index in [9.17, 15) is 14.7 Å². The van der Waals surface area contributed by atoms with Gasteiger partial charge in [0.25, 0.3) is 11.8 Å². The number of fused-ring (bicyclic) bond motifs is 1. The van der Waals surface area contributed by atoms with Gasteiger partial charge < -0.3 is 5.11 Å². The van der Waals surface area contributed by atoms with E-state index < -0.39 is 17.9 Å². The Labute approximate surface area is 132 Å². The number of amides is 2. The number of hydrogen-bond donors (Lipinski definition) is 1. The molecule has 5 heteroatoms. The molecule has 0 spiro atoms. The second kappa shape index (κ2) is 5.87. The van der Waals surface area contributed by atoms with Crippen molar-refractivity contribution in [3.05, 3.63) is 77.0 Å². The van der Waals surface area contributed by atoms with Crippen molar-refractivity contribution in [1.82, 2.24) is 4.90 Å². The topological polar surface area (TPSA) is 81.4 Å². The predicted octanol–water partition coefficient (Wildman–Crippen LogP) is 2.21. The zero-order valence-electron chi connectivity index (χ0n) is 12.0.